The van der Waals surface area contributed by atoms with E-state index in [0.717, 1.165) is 23.4 Å². The molecule has 2 N–H and O–H groups in total. The Balaban J connectivity index is 1.98. The molecule has 0 saturated heterocycles. The molecule has 0 aromatic heterocycles. The Hall–Kier alpha value is -2.29. The predicted octanol–water partition coefficient (Wildman–Crippen LogP) is 3.92. The number of hydrogen-bond donors (Lipinski definition) is 2. The van der Waals surface area contributed by atoms with Gasteiger partial charge in [-0.3, -0.25) is 4.79 Å². The highest BCUT2D eigenvalue weighted by atomic mass is 16.1. The molecule has 1 amide bonds. The molecular weight excluding hydrogens is 260 g/mol. The Bertz CT molecular complexity index is 635. The fourth-order valence-corrected chi connectivity index (χ4v) is 2.26. The Labute approximate surface area is 126 Å². The molecule has 0 aliphatic heterocycles. The zero-order chi connectivity index (χ0) is 15.2. The van der Waals surface area contributed by atoms with Crippen LogP contribution in [-0.2, 0) is 11.2 Å². The molecule has 0 atom stereocenters. The van der Waals surface area contributed by atoms with Crippen molar-refractivity contribution >= 4 is 17.3 Å². The number of anilines is 2. The number of aryl methyl sites for hydroxylation is 2. The van der Waals surface area contributed by atoms with E-state index in [2.05, 4.69) is 37.5 Å². The van der Waals surface area contributed by atoms with Crippen molar-refractivity contribution in [1.29, 1.82) is 0 Å². The van der Waals surface area contributed by atoms with E-state index in [9.17, 15) is 4.79 Å². The zero-order valence-electron chi connectivity index (χ0n) is 12.9. The van der Waals surface area contributed by atoms with Gasteiger partial charge in [0.2, 0.25) is 5.91 Å². The normalized spacial score (nSPS) is 10.2. The fourth-order valence-electron chi connectivity index (χ4n) is 2.26. The Morgan fingerprint density at radius 2 is 1.71 bits per heavy atom. The molecule has 0 aliphatic carbocycles. The number of nitrogens with one attached hydrogen (secondary N) is 2. The van der Waals surface area contributed by atoms with Crippen LogP contribution in [0, 0.1) is 13.8 Å². The van der Waals surface area contributed by atoms with Crippen LogP contribution in [-0.4, -0.2) is 12.5 Å². The molecule has 2 rings (SSSR count). The molecule has 2 aromatic carbocycles. The van der Waals surface area contributed by atoms with Crippen LogP contribution in [0.4, 0.5) is 11.4 Å². The summed E-state index contributed by atoms with van der Waals surface area (Å²) in [6, 6.07) is 14.0. The molecule has 0 radical (unpaired) electrons. The second-order valence-electron chi connectivity index (χ2n) is 5.16. The molecule has 3 nitrogen and oxygen atoms in total. The summed E-state index contributed by atoms with van der Waals surface area (Å²) >= 11 is 0. The van der Waals surface area contributed by atoms with E-state index in [4.69, 9.17) is 0 Å². The summed E-state index contributed by atoms with van der Waals surface area (Å²) in [6.45, 7) is 6.47. The highest BCUT2D eigenvalue weighted by Crippen LogP contribution is 2.18. The van der Waals surface area contributed by atoms with Crippen molar-refractivity contribution < 1.29 is 4.79 Å². The smallest absolute Gasteiger partial charge is 0.243 e. The number of amides is 1. The maximum absolute atomic E-state index is 12.1. The van der Waals surface area contributed by atoms with E-state index < -0.39 is 0 Å². The molecule has 0 fully saturated rings. The minimum Gasteiger partial charge on any atom is -0.376 e. The third-order valence-corrected chi connectivity index (χ3v) is 3.72. The third kappa shape index (κ3) is 3.85. The van der Waals surface area contributed by atoms with Crippen molar-refractivity contribution in [2.24, 2.45) is 0 Å². The van der Waals surface area contributed by atoms with Gasteiger partial charge in [-0.25, -0.2) is 0 Å². The van der Waals surface area contributed by atoms with E-state index in [-0.39, 0.29) is 12.5 Å². The first kappa shape index (κ1) is 15.1. The molecule has 0 saturated carbocycles. The van der Waals surface area contributed by atoms with E-state index in [1.807, 2.05) is 36.4 Å². The van der Waals surface area contributed by atoms with Crippen LogP contribution in [0.1, 0.15) is 23.6 Å². The van der Waals surface area contributed by atoms with Crippen LogP contribution in [0.15, 0.2) is 42.5 Å². The van der Waals surface area contributed by atoms with Crippen molar-refractivity contribution in [2.75, 3.05) is 17.2 Å². The summed E-state index contributed by atoms with van der Waals surface area (Å²) in [5.74, 6) is -0.0307. The summed E-state index contributed by atoms with van der Waals surface area (Å²) in [4.78, 5) is 12.1. The summed E-state index contributed by atoms with van der Waals surface area (Å²) < 4.78 is 0. The summed E-state index contributed by atoms with van der Waals surface area (Å²) in [7, 11) is 0. The SMILES string of the molecule is CCc1ccccc1NC(=O)CNc1cccc(C)c1C. The van der Waals surface area contributed by atoms with E-state index in [1.165, 1.54) is 11.1 Å². The first-order valence-corrected chi connectivity index (χ1v) is 7.29. The van der Waals surface area contributed by atoms with Crippen molar-refractivity contribution in [2.45, 2.75) is 27.2 Å². The molecule has 21 heavy (non-hydrogen) atoms. The molecule has 2 aromatic rings. The van der Waals surface area contributed by atoms with Gasteiger partial charge in [0.25, 0.3) is 0 Å². The quantitative estimate of drug-likeness (QED) is 0.872. The number of hydrogen-bond acceptors (Lipinski definition) is 2. The predicted molar refractivity (Wildman–Crippen MR) is 88.9 cm³/mol. The Kier molecular flexibility index (Phi) is 4.99. The monoisotopic (exact) mass is 282 g/mol. The first-order valence-electron chi connectivity index (χ1n) is 7.29. The highest BCUT2D eigenvalue weighted by Gasteiger charge is 2.06. The van der Waals surface area contributed by atoms with Crippen LogP contribution in [0.3, 0.4) is 0 Å². The minimum absolute atomic E-state index is 0.0307. The molecule has 3 heteroatoms. The Morgan fingerprint density at radius 3 is 2.48 bits per heavy atom. The van der Waals surface area contributed by atoms with Gasteiger partial charge in [-0.2, -0.15) is 0 Å². The average Bonchev–Trinajstić information content (AvgIpc) is 2.49. The van der Waals surface area contributed by atoms with Crippen LogP contribution in [0.2, 0.25) is 0 Å². The van der Waals surface area contributed by atoms with Gasteiger partial charge in [0.1, 0.15) is 0 Å². The number of para-hydroxylation sites is 1. The lowest BCUT2D eigenvalue weighted by Gasteiger charge is -2.13. The number of carbonyl (C=O) groups is 1. The van der Waals surface area contributed by atoms with Crippen LogP contribution in [0.5, 0.6) is 0 Å². The van der Waals surface area contributed by atoms with Crippen LogP contribution >= 0.6 is 0 Å². The van der Waals surface area contributed by atoms with Gasteiger partial charge in [0, 0.05) is 11.4 Å². The van der Waals surface area contributed by atoms with Gasteiger partial charge >= 0.3 is 0 Å². The fraction of sp³-hybridized carbons (Fsp3) is 0.278. The standard InChI is InChI=1S/C18H22N2O/c1-4-15-9-5-6-10-17(15)20-18(21)12-19-16-11-7-8-13(2)14(16)3/h5-11,19H,4,12H2,1-3H3,(H,20,21). The van der Waals surface area contributed by atoms with Crippen molar-refractivity contribution in [3.05, 3.63) is 59.2 Å². The van der Waals surface area contributed by atoms with Crippen LogP contribution in [0.25, 0.3) is 0 Å². The lowest BCUT2D eigenvalue weighted by atomic mass is 10.1. The molecule has 0 heterocycles. The minimum atomic E-state index is -0.0307. The van der Waals surface area contributed by atoms with E-state index in [1.54, 1.807) is 0 Å². The maximum atomic E-state index is 12.1. The second kappa shape index (κ2) is 6.93. The third-order valence-electron chi connectivity index (χ3n) is 3.72. The van der Waals surface area contributed by atoms with Gasteiger partial charge in [-0.05, 0) is 49.1 Å². The van der Waals surface area contributed by atoms with Crippen molar-refractivity contribution in [3.8, 4) is 0 Å². The number of rotatable bonds is 5. The number of benzene rings is 2. The zero-order valence-corrected chi connectivity index (χ0v) is 12.9. The molecule has 0 spiro atoms. The maximum Gasteiger partial charge on any atom is 0.243 e. The molecule has 0 aliphatic rings. The van der Waals surface area contributed by atoms with E-state index >= 15 is 0 Å². The summed E-state index contributed by atoms with van der Waals surface area (Å²) in [5, 5.41) is 6.16. The lowest BCUT2D eigenvalue weighted by molar-refractivity contribution is -0.114. The Morgan fingerprint density at radius 1 is 1.00 bits per heavy atom. The molecule has 0 unspecified atom stereocenters. The second-order valence-corrected chi connectivity index (χ2v) is 5.16. The van der Waals surface area contributed by atoms with Gasteiger partial charge < -0.3 is 10.6 Å². The lowest BCUT2D eigenvalue weighted by Crippen LogP contribution is -2.22. The van der Waals surface area contributed by atoms with Gasteiger partial charge in [-0.15, -0.1) is 0 Å². The van der Waals surface area contributed by atoms with Gasteiger partial charge in [0.05, 0.1) is 6.54 Å². The van der Waals surface area contributed by atoms with Crippen LogP contribution < -0.4 is 10.6 Å². The highest BCUT2D eigenvalue weighted by molar-refractivity contribution is 5.94. The van der Waals surface area contributed by atoms with E-state index in [0.29, 0.717) is 0 Å². The van der Waals surface area contributed by atoms with Crippen molar-refractivity contribution in [3.63, 3.8) is 0 Å². The molecular formula is C18H22N2O. The first-order chi connectivity index (χ1) is 10.1. The van der Waals surface area contributed by atoms with Crippen molar-refractivity contribution in [1.82, 2.24) is 0 Å². The largest absolute Gasteiger partial charge is 0.376 e. The summed E-state index contributed by atoms with van der Waals surface area (Å²) in [5.41, 5.74) is 5.45. The summed E-state index contributed by atoms with van der Waals surface area (Å²) in [6.07, 6.45) is 0.904. The number of carbonyl (C=O) groups excluding carboxylic acids is 1. The van der Waals surface area contributed by atoms with Gasteiger partial charge in [-0.1, -0.05) is 37.3 Å². The average molecular weight is 282 g/mol. The molecule has 110 valence electrons. The molecule has 0 bridgehead atoms. The topological polar surface area (TPSA) is 41.1 Å². The van der Waals surface area contributed by atoms with Gasteiger partial charge in [0.15, 0.2) is 0 Å².